The van der Waals surface area contributed by atoms with E-state index in [0.29, 0.717) is 25.5 Å². The van der Waals surface area contributed by atoms with E-state index in [0.717, 1.165) is 6.07 Å². The fraction of sp³-hybridized carbons (Fsp3) is 0.250. The molecule has 0 aliphatic carbocycles. The van der Waals surface area contributed by atoms with Crippen LogP contribution in [0.25, 0.3) is 0 Å². The monoisotopic (exact) mass is 403 g/mol. The van der Waals surface area contributed by atoms with Crippen molar-refractivity contribution in [3.05, 3.63) is 59.4 Å². The first-order chi connectivity index (χ1) is 13.9. The predicted molar refractivity (Wildman–Crippen MR) is 97.8 cm³/mol. The lowest BCUT2D eigenvalue weighted by Gasteiger charge is -2.25. The van der Waals surface area contributed by atoms with Gasteiger partial charge in [-0.25, -0.2) is 13.2 Å². The molecule has 2 aromatic carbocycles. The number of amides is 3. The van der Waals surface area contributed by atoms with Crippen molar-refractivity contribution in [1.29, 1.82) is 0 Å². The molecule has 9 heteroatoms. The third-order valence-electron chi connectivity index (χ3n) is 5.10. The van der Waals surface area contributed by atoms with Crippen LogP contribution >= 0.6 is 0 Å². The number of nitrogens with zero attached hydrogens (tertiary/aromatic N) is 2. The van der Waals surface area contributed by atoms with Gasteiger partial charge in [-0.15, -0.1) is 0 Å². The summed E-state index contributed by atoms with van der Waals surface area (Å²) in [4.78, 5) is 41.0. The quantitative estimate of drug-likeness (QED) is 0.802. The maximum Gasteiger partial charge on any atom is 0.256 e. The Morgan fingerprint density at radius 3 is 2.62 bits per heavy atom. The molecule has 0 aromatic heterocycles. The highest BCUT2D eigenvalue weighted by Crippen LogP contribution is 2.32. The summed E-state index contributed by atoms with van der Waals surface area (Å²) >= 11 is 0. The minimum absolute atomic E-state index is 0.276. The predicted octanol–water partition coefficient (Wildman–Crippen LogP) is 2.69. The van der Waals surface area contributed by atoms with Crippen LogP contribution in [0.15, 0.2) is 36.4 Å². The van der Waals surface area contributed by atoms with Gasteiger partial charge in [-0.3, -0.25) is 14.4 Å². The Balaban J connectivity index is 1.64. The molecule has 2 aliphatic heterocycles. The highest BCUT2D eigenvalue weighted by molar-refractivity contribution is 6.13. The summed E-state index contributed by atoms with van der Waals surface area (Å²) in [5, 5.41) is 2.16. The van der Waals surface area contributed by atoms with Gasteiger partial charge in [0.2, 0.25) is 11.8 Å². The summed E-state index contributed by atoms with van der Waals surface area (Å²) in [5.74, 6) is -6.12. The van der Waals surface area contributed by atoms with Gasteiger partial charge in [-0.1, -0.05) is 12.1 Å². The molecule has 3 amide bonds. The second kappa shape index (κ2) is 7.23. The minimum Gasteiger partial charge on any atom is -0.327 e. The van der Waals surface area contributed by atoms with Gasteiger partial charge in [0.05, 0.1) is 16.9 Å². The number of benzene rings is 2. The molecule has 2 aliphatic rings. The molecule has 6 nitrogen and oxygen atoms in total. The number of anilines is 2. The molecule has 0 saturated carbocycles. The fourth-order valence-corrected chi connectivity index (χ4v) is 3.73. The van der Waals surface area contributed by atoms with Crippen LogP contribution in [0.4, 0.5) is 24.5 Å². The van der Waals surface area contributed by atoms with Gasteiger partial charge >= 0.3 is 0 Å². The third kappa shape index (κ3) is 3.22. The van der Waals surface area contributed by atoms with Gasteiger partial charge in [0.1, 0.15) is 12.6 Å². The van der Waals surface area contributed by atoms with Gasteiger partial charge in [0.15, 0.2) is 17.5 Å². The third-order valence-corrected chi connectivity index (χ3v) is 5.10. The van der Waals surface area contributed by atoms with Crippen molar-refractivity contribution in [3.8, 4) is 0 Å². The molecule has 1 saturated heterocycles. The zero-order valence-corrected chi connectivity index (χ0v) is 15.1. The number of carbonyl (C=O) groups excluding carboxylic acids is 3. The molecule has 1 atom stereocenters. The van der Waals surface area contributed by atoms with Crippen molar-refractivity contribution in [3.63, 3.8) is 0 Å². The lowest BCUT2D eigenvalue weighted by atomic mass is 10.1. The van der Waals surface area contributed by atoms with Gasteiger partial charge in [-0.2, -0.15) is 0 Å². The molecule has 150 valence electrons. The second-order valence-electron chi connectivity index (χ2n) is 6.87. The van der Waals surface area contributed by atoms with Crippen molar-refractivity contribution >= 4 is 29.1 Å². The van der Waals surface area contributed by atoms with Crippen LogP contribution in [0.5, 0.6) is 0 Å². The van der Waals surface area contributed by atoms with Gasteiger partial charge in [-0.05, 0) is 37.1 Å². The summed E-state index contributed by atoms with van der Waals surface area (Å²) in [5.41, 5.74) is 0.0258. The smallest absolute Gasteiger partial charge is 0.256 e. The summed E-state index contributed by atoms with van der Waals surface area (Å²) < 4.78 is 40.3. The van der Waals surface area contributed by atoms with Crippen LogP contribution in [0.3, 0.4) is 0 Å². The summed E-state index contributed by atoms with van der Waals surface area (Å²) in [6, 6.07) is 7.33. The van der Waals surface area contributed by atoms with Crippen molar-refractivity contribution < 1.29 is 27.6 Å². The molecule has 1 fully saturated rings. The molecule has 0 bridgehead atoms. The zero-order valence-electron chi connectivity index (χ0n) is 15.1. The van der Waals surface area contributed by atoms with E-state index >= 15 is 0 Å². The fourth-order valence-electron chi connectivity index (χ4n) is 3.73. The Labute approximate surface area is 163 Å². The first kappa shape index (κ1) is 19.0. The summed E-state index contributed by atoms with van der Waals surface area (Å²) in [7, 11) is 0. The normalized spacial score (nSPS) is 18.4. The van der Waals surface area contributed by atoms with E-state index in [9.17, 15) is 27.6 Å². The number of halogens is 3. The standard InChI is InChI=1S/C20H16F3N3O3/c21-12-7-8-13(18(23)17(12)22)24-16(27)10-26-14-5-2-1-4-11(14)19(28)25-9-3-6-15(25)20(26)29/h1-2,4-5,7-8,15H,3,6,9-10H2,(H,24,27)/t15-/m1/s1. The first-order valence-corrected chi connectivity index (χ1v) is 9.03. The Hall–Kier alpha value is -3.36. The second-order valence-corrected chi connectivity index (χ2v) is 6.87. The van der Waals surface area contributed by atoms with E-state index in [1.165, 1.54) is 9.80 Å². The van der Waals surface area contributed by atoms with Crippen molar-refractivity contribution in [1.82, 2.24) is 4.90 Å². The molecule has 2 heterocycles. The van der Waals surface area contributed by atoms with Crippen molar-refractivity contribution in [2.75, 3.05) is 23.3 Å². The Morgan fingerprint density at radius 1 is 1.07 bits per heavy atom. The summed E-state index contributed by atoms with van der Waals surface area (Å²) in [6.07, 6.45) is 1.15. The van der Waals surface area contributed by atoms with Crippen molar-refractivity contribution in [2.45, 2.75) is 18.9 Å². The van der Waals surface area contributed by atoms with Crippen molar-refractivity contribution in [2.24, 2.45) is 0 Å². The average molecular weight is 403 g/mol. The molecule has 1 N–H and O–H groups in total. The van der Waals surface area contributed by atoms with Gasteiger partial charge in [0.25, 0.3) is 5.91 Å². The molecule has 0 radical (unpaired) electrons. The molecule has 0 unspecified atom stereocenters. The molecular formula is C20H16F3N3O3. The molecule has 4 rings (SSSR count). The lowest BCUT2D eigenvalue weighted by Crippen LogP contribution is -2.47. The first-order valence-electron chi connectivity index (χ1n) is 9.03. The van der Waals surface area contributed by atoms with Crippen LogP contribution < -0.4 is 10.2 Å². The van der Waals surface area contributed by atoms with Crippen LogP contribution in [0.1, 0.15) is 23.2 Å². The number of nitrogens with one attached hydrogen (secondary N) is 1. The lowest BCUT2D eigenvalue weighted by molar-refractivity contribution is -0.124. The largest absolute Gasteiger partial charge is 0.327 e. The highest BCUT2D eigenvalue weighted by Gasteiger charge is 2.42. The van der Waals surface area contributed by atoms with Crippen LogP contribution in [0, 0.1) is 17.5 Å². The van der Waals surface area contributed by atoms with E-state index < -0.39 is 47.5 Å². The number of carbonyl (C=O) groups is 3. The highest BCUT2D eigenvalue weighted by atomic mass is 19.2. The summed E-state index contributed by atoms with van der Waals surface area (Å²) in [6.45, 7) is -0.0599. The minimum atomic E-state index is -1.70. The maximum absolute atomic E-state index is 13.8. The Morgan fingerprint density at radius 2 is 1.83 bits per heavy atom. The number of rotatable bonds is 3. The van der Waals surface area contributed by atoms with Crippen LogP contribution in [-0.4, -0.2) is 41.8 Å². The Bertz CT molecular complexity index is 1030. The number of hydrogen-bond acceptors (Lipinski definition) is 3. The van der Waals surface area contributed by atoms with E-state index in [1.807, 2.05) is 0 Å². The van der Waals surface area contributed by atoms with E-state index in [2.05, 4.69) is 5.32 Å². The molecule has 2 aromatic rings. The molecule has 29 heavy (non-hydrogen) atoms. The average Bonchev–Trinajstić information content (AvgIpc) is 3.19. The van der Waals surface area contributed by atoms with Gasteiger partial charge in [0, 0.05) is 6.54 Å². The van der Waals surface area contributed by atoms with E-state index in [-0.39, 0.29) is 17.2 Å². The number of fused-ring (bicyclic) bond motifs is 2. The Kier molecular flexibility index (Phi) is 4.73. The van der Waals surface area contributed by atoms with Gasteiger partial charge < -0.3 is 15.1 Å². The SMILES string of the molecule is O=C(CN1C(=O)[C@H]2CCCN2C(=O)c2ccccc21)Nc1ccc(F)c(F)c1F. The van der Waals surface area contributed by atoms with Crippen LogP contribution in [0.2, 0.25) is 0 Å². The van der Waals surface area contributed by atoms with E-state index in [4.69, 9.17) is 0 Å². The maximum atomic E-state index is 13.8. The van der Waals surface area contributed by atoms with Crippen LogP contribution in [-0.2, 0) is 9.59 Å². The number of para-hydroxylation sites is 1. The zero-order chi connectivity index (χ0) is 20.7. The number of hydrogen-bond donors (Lipinski definition) is 1. The molecular weight excluding hydrogens is 387 g/mol. The van der Waals surface area contributed by atoms with E-state index in [1.54, 1.807) is 24.3 Å². The molecule has 0 spiro atoms. The topological polar surface area (TPSA) is 69.7 Å².